The van der Waals surface area contributed by atoms with Gasteiger partial charge in [0.05, 0.1) is 0 Å². The fraction of sp³-hybridized carbons (Fsp3) is 0.444. The predicted octanol–water partition coefficient (Wildman–Crippen LogP) is 3.74. The number of rotatable bonds is 3. The summed E-state index contributed by atoms with van der Waals surface area (Å²) in [7, 11) is 0. The van der Waals surface area contributed by atoms with Gasteiger partial charge in [0.2, 0.25) is 0 Å². The number of carboxylic acid groups (broad SMARTS) is 2. The highest BCUT2D eigenvalue weighted by Crippen LogP contribution is 2.53. The van der Waals surface area contributed by atoms with Crippen molar-refractivity contribution >= 4 is 17.5 Å². The van der Waals surface area contributed by atoms with E-state index in [0.717, 1.165) is 22.3 Å². The van der Waals surface area contributed by atoms with Crippen LogP contribution in [-0.4, -0.2) is 22.2 Å². The van der Waals surface area contributed by atoms with Gasteiger partial charge in [-0.15, -0.1) is 0 Å². The van der Waals surface area contributed by atoms with E-state index in [4.69, 9.17) is 0 Å². The molecule has 2 N–H and O–H groups in total. The molecule has 1 aliphatic carbocycles. The van der Waals surface area contributed by atoms with E-state index < -0.39 is 22.8 Å². The minimum atomic E-state index is -1.74. The van der Waals surface area contributed by atoms with E-state index in [1.807, 2.05) is 52.0 Å². The van der Waals surface area contributed by atoms with Crippen molar-refractivity contribution in [1.82, 2.24) is 0 Å². The summed E-state index contributed by atoms with van der Waals surface area (Å²) in [4.78, 5) is 23.3. The van der Waals surface area contributed by atoms with Crippen LogP contribution in [0.2, 0.25) is 0 Å². The second-order valence-corrected chi connectivity index (χ2v) is 6.90. The Morgan fingerprint density at radius 3 is 2.05 bits per heavy atom. The van der Waals surface area contributed by atoms with Gasteiger partial charge in [-0.25, -0.2) is 0 Å². The first kappa shape index (κ1) is 16.3. The molecule has 4 heteroatoms. The van der Waals surface area contributed by atoms with E-state index >= 15 is 0 Å². The van der Waals surface area contributed by atoms with Gasteiger partial charge in [-0.2, -0.15) is 0 Å². The Balaban J connectivity index is 2.65. The summed E-state index contributed by atoms with van der Waals surface area (Å²) in [6.45, 7) is 7.72. The van der Waals surface area contributed by atoms with Crippen molar-refractivity contribution in [3.8, 4) is 0 Å². The van der Waals surface area contributed by atoms with E-state index in [2.05, 4.69) is 0 Å². The van der Waals surface area contributed by atoms with Crippen LogP contribution in [0.3, 0.4) is 0 Å². The van der Waals surface area contributed by atoms with Gasteiger partial charge in [0, 0.05) is 0 Å². The molecule has 1 aromatic carbocycles. The van der Waals surface area contributed by atoms with Crippen LogP contribution in [-0.2, 0) is 9.59 Å². The van der Waals surface area contributed by atoms with E-state index in [1.165, 1.54) is 0 Å². The van der Waals surface area contributed by atoms with Crippen LogP contribution >= 0.6 is 0 Å². The molecule has 0 heterocycles. The number of carbonyl (C=O) groups is 2. The lowest BCUT2D eigenvalue weighted by Gasteiger charge is -2.42. The summed E-state index contributed by atoms with van der Waals surface area (Å²) in [5.41, 5.74) is 1.85. The lowest BCUT2D eigenvalue weighted by atomic mass is 9.59. The molecule has 2 rings (SSSR count). The maximum absolute atomic E-state index is 11.7. The Hall–Kier alpha value is -2.10. The maximum Gasteiger partial charge on any atom is 0.321 e. The second kappa shape index (κ2) is 5.27. The number of allylic oxidation sites excluding steroid dienone is 2. The molecule has 118 valence electrons. The molecule has 0 aliphatic heterocycles. The van der Waals surface area contributed by atoms with Crippen LogP contribution in [0.25, 0.3) is 5.57 Å². The van der Waals surface area contributed by atoms with Gasteiger partial charge in [0.1, 0.15) is 0 Å². The quantitative estimate of drug-likeness (QED) is 0.834. The topological polar surface area (TPSA) is 74.6 Å². The summed E-state index contributed by atoms with van der Waals surface area (Å²) in [5, 5.41) is 19.0. The van der Waals surface area contributed by atoms with E-state index in [-0.39, 0.29) is 12.8 Å². The molecule has 0 aromatic heterocycles. The predicted molar refractivity (Wildman–Crippen MR) is 84.5 cm³/mol. The Morgan fingerprint density at radius 1 is 1.05 bits per heavy atom. The smallest absolute Gasteiger partial charge is 0.321 e. The van der Waals surface area contributed by atoms with Gasteiger partial charge in [0.25, 0.3) is 0 Å². The van der Waals surface area contributed by atoms with Crippen molar-refractivity contribution in [3.05, 3.63) is 41.0 Å². The highest BCUT2D eigenvalue weighted by Gasteiger charge is 2.54. The van der Waals surface area contributed by atoms with E-state index in [0.29, 0.717) is 0 Å². The number of hydrogen-bond donors (Lipinski definition) is 2. The molecule has 0 unspecified atom stereocenters. The largest absolute Gasteiger partial charge is 0.480 e. The van der Waals surface area contributed by atoms with Crippen molar-refractivity contribution in [2.75, 3.05) is 0 Å². The molecular formula is C18H22O4. The number of carboxylic acids is 2. The molecule has 0 fully saturated rings. The van der Waals surface area contributed by atoms with E-state index in [9.17, 15) is 19.8 Å². The Bertz CT molecular complexity index is 653. The maximum atomic E-state index is 11.7. The Morgan fingerprint density at radius 2 is 1.59 bits per heavy atom. The fourth-order valence-electron chi connectivity index (χ4n) is 3.87. The molecule has 4 nitrogen and oxygen atoms in total. The number of aliphatic carboxylic acids is 2. The van der Waals surface area contributed by atoms with Gasteiger partial charge in [-0.05, 0) is 48.8 Å². The minimum Gasteiger partial charge on any atom is -0.480 e. The summed E-state index contributed by atoms with van der Waals surface area (Å²) < 4.78 is 0. The average Bonchev–Trinajstić information content (AvgIpc) is 2.38. The number of benzene rings is 1. The summed E-state index contributed by atoms with van der Waals surface area (Å²) >= 11 is 0. The third-order valence-corrected chi connectivity index (χ3v) is 4.65. The standard InChI is InChI=1S/C18H22O4/c1-11-7-5-6-8-13(11)14-12(2)9-18(15(19)20,16(21)22)10-17(14,3)4/h5-8H,9-10H2,1-4H3,(H,19,20)(H,21,22). The lowest BCUT2D eigenvalue weighted by molar-refractivity contribution is -0.167. The number of hydrogen-bond acceptors (Lipinski definition) is 2. The zero-order chi connectivity index (χ0) is 16.7. The molecule has 1 aromatic rings. The highest BCUT2D eigenvalue weighted by atomic mass is 16.4. The summed E-state index contributed by atoms with van der Waals surface area (Å²) in [5.74, 6) is -2.51. The summed E-state index contributed by atoms with van der Waals surface area (Å²) in [6, 6.07) is 7.95. The Kier molecular flexibility index (Phi) is 3.90. The van der Waals surface area contributed by atoms with Crippen LogP contribution in [0.1, 0.15) is 44.7 Å². The Labute approximate surface area is 130 Å². The zero-order valence-electron chi connectivity index (χ0n) is 13.4. The highest BCUT2D eigenvalue weighted by molar-refractivity contribution is 6.00. The van der Waals surface area contributed by atoms with Crippen LogP contribution < -0.4 is 0 Å². The van der Waals surface area contributed by atoms with Crippen molar-refractivity contribution in [2.24, 2.45) is 10.8 Å². The van der Waals surface area contributed by atoms with E-state index in [1.54, 1.807) is 0 Å². The first-order valence-electron chi connectivity index (χ1n) is 7.35. The monoisotopic (exact) mass is 302 g/mol. The molecule has 0 saturated carbocycles. The summed E-state index contributed by atoms with van der Waals surface area (Å²) in [6.07, 6.45) is 0.135. The van der Waals surface area contributed by atoms with Gasteiger partial charge in [-0.3, -0.25) is 9.59 Å². The van der Waals surface area contributed by atoms with Gasteiger partial charge in [-0.1, -0.05) is 43.7 Å². The van der Waals surface area contributed by atoms with Crippen LogP contribution in [0, 0.1) is 17.8 Å². The van der Waals surface area contributed by atoms with Crippen molar-refractivity contribution < 1.29 is 19.8 Å². The molecule has 0 spiro atoms. The molecule has 0 radical (unpaired) electrons. The van der Waals surface area contributed by atoms with Crippen molar-refractivity contribution in [2.45, 2.75) is 40.5 Å². The third kappa shape index (κ3) is 2.43. The van der Waals surface area contributed by atoms with Gasteiger partial charge < -0.3 is 10.2 Å². The van der Waals surface area contributed by atoms with Crippen molar-refractivity contribution in [3.63, 3.8) is 0 Å². The minimum absolute atomic E-state index is 0.0464. The van der Waals surface area contributed by atoms with Crippen LogP contribution in [0.15, 0.2) is 29.8 Å². The average molecular weight is 302 g/mol. The fourth-order valence-corrected chi connectivity index (χ4v) is 3.87. The molecule has 0 amide bonds. The van der Waals surface area contributed by atoms with Gasteiger partial charge in [0.15, 0.2) is 5.41 Å². The molecule has 0 atom stereocenters. The second-order valence-electron chi connectivity index (χ2n) is 6.90. The molecule has 22 heavy (non-hydrogen) atoms. The van der Waals surface area contributed by atoms with Gasteiger partial charge >= 0.3 is 11.9 Å². The number of aryl methyl sites for hydroxylation is 1. The molecular weight excluding hydrogens is 280 g/mol. The zero-order valence-corrected chi connectivity index (χ0v) is 13.4. The van der Waals surface area contributed by atoms with Crippen LogP contribution in [0.4, 0.5) is 0 Å². The molecule has 0 bridgehead atoms. The first-order valence-corrected chi connectivity index (χ1v) is 7.35. The third-order valence-electron chi connectivity index (χ3n) is 4.65. The molecule has 1 aliphatic rings. The van der Waals surface area contributed by atoms with Crippen molar-refractivity contribution in [1.29, 1.82) is 0 Å². The van der Waals surface area contributed by atoms with Crippen LogP contribution in [0.5, 0.6) is 0 Å². The normalized spacial score (nSPS) is 19.8. The SMILES string of the molecule is CC1=C(c2ccccc2C)C(C)(C)CC(C(=O)O)(C(=O)O)C1. The lowest BCUT2D eigenvalue weighted by Crippen LogP contribution is -2.46. The first-order chi connectivity index (χ1) is 10.1. The molecule has 0 saturated heterocycles.